The van der Waals surface area contributed by atoms with E-state index in [9.17, 15) is 15.3 Å². The zero-order chi connectivity index (χ0) is 36.8. The van der Waals surface area contributed by atoms with E-state index in [1.165, 1.54) is 90.3 Å². The van der Waals surface area contributed by atoms with Crippen LogP contribution >= 0.6 is 0 Å². The smallest absolute Gasteiger partial charge is 0.122 e. The van der Waals surface area contributed by atoms with Crippen molar-refractivity contribution in [2.24, 2.45) is 47.3 Å². The van der Waals surface area contributed by atoms with E-state index in [4.69, 9.17) is 0 Å². The van der Waals surface area contributed by atoms with E-state index in [-0.39, 0.29) is 10.8 Å². The van der Waals surface area contributed by atoms with E-state index in [1.54, 1.807) is 0 Å². The first-order valence-corrected chi connectivity index (χ1v) is 21.0. The Labute approximate surface area is 313 Å². The van der Waals surface area contributed by atoms with Crippen LogP contribution in [0.1, 0.15) is 167 Å². The summed E-state index contributed by atoms with van der Waals surface area (Å²) in [6.07, 6.45) is 9.83. The van der Waals surface area contributed by atoms with Gasteiger partial charge in [-0.3, -0.25) is 0 Å². The van der Waals surface area contributed by atoms with Crippen molar-refractivity contribution in [3.8, 4) is 17.2 Å². The van der Waals surface area contributed by atoms with E-state index in [0.29, 0.717) is 64.6 Å². The topological polar surface area (TPSA) is 60.7 Å². The monoisotopic (exact) mass is 700 g/mol. The van der Waals surface area contributed by atoms with Gasteiger partial charge in [-0.2, -0.15) is 0 Å². The minimum atomic E-state index is -0.0995. The Bertz CT molecular complexity index is 1920. The summed E-state index contributed by atoms with van der Waals surface area (Å²) < 4.78 is 0. The molecule has 12 unspecified atom stereocenters. The molecule has 0 aromatic heterocycles. The summed E-state index contributed by atoms with van der Waals surface area (Å²) in [6, 6.07) is 13.7. The number of hydrogen-bond acceptors (Lipinski definition) is 3. The van der Waals surface area contributed by atoms with Gasteiger partial charge in [0, 0.05) is 0 Å². The molecule has 3 heteroatoms. The summed E-state index contributed by atoms with van der Waals surface area (Å²) in [7, 11) is 0. The SMILES string of the molecule is Cc1cc(C2CC3CC2C2C(c4cc(C)cc(C(C)(C)C)c4O)CCC32)c(O)c(C2CCC3C4CC(c5cc(C)cc(C(C)(C)C)c5O)C(C4)C23)c1. The molecular weight excluding hydrogens is 637 g/mol. The Hall–Kier alpha value is -2.94. The van der Waals surface area contributed by atoms with Crippen molar-refractivity contribution in [2.45, 2.75) is 148 Å². The second-order valence-corrected chi connectivity index (χ2v) is 21.1. The predicted molar refractivity (Wildman–Crippen MR) is 212 cm³/mol. The lowest BCUT2D eigenvalue weighted by atomic mass is 9.67. The first kappa shape index (κ1) is 34.8. The Kier molecular flexibility index (Phi) is 7.88. The minimum absolute atomic E-state index is 0.0985. The van der Waals surface area contributed by atoms with E-state index in [1.807, 2.05) is 0 Å². The molecule has 9 rings (SSSR count). The van der Waals surface area contributed by atoms with E-state index in [2.05, 4.69) is 98.7 Å². The largest absolute Gasteiger partial charge is 0.507 e. The van der Waals surface area contributed by atoms with Gasteiger partial charge in [0.15, 0.2) is 0 Å². The van der Waals surface area contributed by atoms with Crippen molar-refractivity contribution in [1.29, 1.82) is 0 Å². The second-order valence-electron chi connectivity index (χ2n) is 21.1. The van der Waals surface area contributed by atoms with E-state index >= 15 is 0 Å². The van der Waals surface area contributed by atoms with Crippen LogP contribution in [0.3, 0.4) is 0 Å². The third-order valence-corrected chi connectivity index (χ3v) is 16.1. The fraction of sp³-hybridized carbons (Fsp3) is 0.633. The number of phenols is 3. The molecule has 3 nitrogen and oxygen atoms in total. The van der Waals surface area contributed by atoms with Crippen LogP contribution < -0.4 is 0 Å². The predicted octanol–water partition coefficient (Wildman–Crippen LogP) is 12.2. The van der Waals surface area contributed by atoms with Crippen molar-refractivity contribution in [1.82, 2.24) is 0 Å². The van der Waals surface area contributed by atoms with Gasteiger partial charge in [0.1, 0.15) is 17.2 Å². The summed E-state index contributed by atoms with van der Waals surface area (Å²) in [4.78, 5) is 0. The van der Waals surface area contributed by atoms with Crippen molar-refractivity contribution >= 4 is 0 Å². The molecule has 0 heterocycles. The van der Waals surface area contributed by atoms with Gasteiger partial charge in [-0.25, -0.2) is 0 Å². The van der Waals surface area contributed by atoms with Crippen LogP contribution in [-0.2, 0) is 10.8 Å². The lowest BCUT2D eigenvalue weighted by Crippen LogP contribution is -2.28. The molecule has 6 aliphatic carbocycles. The molecule has 0 radical (unpaired) electrons. The first-order chi connectivity index (χ1) is 24.5. The molecule has 6 fully saturated rings. The average molecular weight is 701 g/mol. The van der Waals surface area contributed by atoms with E-state index in [0.717, 1.165) is 34.8 Å². The number of fused-ring (bicyclic) bond motifs is 10. The highest BCUT2D eigenvalue weighted by molar-refractivity contribution is 5.53. The lowest BCUT2D eigenvalue weighted by Gasteiger charge is -2.38. The highest BCUT2D eigenvalue weighted by Crippen LogP contribution is 2.71. The molecule has 12 atom stereocenters. The molecule has 0 amide bonds. The molecule has 6 aliphatic rings. The van der Waals surface area contributed by atoms with Gasteiger partial charge in [0.25, 0.3) is 0 Å². The lowest BCUT2D eigenvalue weighted by molar-refractivity contribution is 0.209. The third-order valence-electron chi connectivity index (χ3n) is 16.1. The van der Waals surface area contributed by atoms with Crippen molar-refractivity contribution in [2.75, 3.05) is 0 Å². The molecule has 0 saturated heterocycles. The fourth-order valence-corrected chi connectivity index (χ4v) is 14.4. The minimum Gasteiger partial charge on any atom is -0.507 e. The quantitative estimate of drug-likeness (QED) is 0.254. The molecule has 0 aliphatic heterocycles. The summed E-state index contributed by atoms with van der Waals surface area (Å²) >= 11 is 0. The molecule has 4 bridgehead atoms. The second kappa shape index (κ2) is 11.8. The van der Waals surface area contributed by atoms with Gasteiger partial charge in [-0.1, -0.05) is 94.6 Å². The molecule has 52 heavy (non-hydrogen) atoms. The summed E-state index contributed by atoms with van der Waals surface area (Å²) in [5.41, 5.74) is 10.6. The molecule has 6 saturated carbocycles. The molecular formula is C49H64O3. The number of rotatable bonds is 4. The highest BCUT2D eigenvalue weighted by Gasteiger charge is 2.60. The van der Waals surface area contributed by atoms with Gasteiger partial charge in [0.2, 0.25) is 0 Å². The van der Waals surface area contributed by atoms with Crippen LogP contribution in [0.2, 0.25) is 0 Å². The van der Waals surface area contributed by atoms with Crippen LogP contribution in [0.5, 0.6) is 17.2 Å². The maximum absolute atomic E-state index is 12.5. The zero-order valence-electron chi connectivity index (χ0n) is 33.4. The Morgan fingerprint density at radius 3 is 1.17 bits per heavy atom. The molecule has 0 spiro atoms. The van der Waals surface area contributed by atoms with Gasteiger partial charge >= 0.3 is 0 Å². The van der Waals surface area contributed by atoms with Crippen molar-refractivity contribution in [3.05, 3.63) is 86.5 Å². The molecule has 3 N–H and O–H groups in total. The zero-order valence-corrected chi connectivity index (χ0v) is 33.4. The molecule has 3 aromatic rings. The number of aryl methyl sites for hydroxylation is 3. The highest BCUT2D eigenvalue weighted by atomic mass is 16.3. The van der Waals surface area contributed by atoms with Gasteiger partial charge < -0.3 is 15.3 Å². The number of benzene rings is 3. The van der Waals surface area contributed by atoms with Gasteiger partial charge in [-0.15, -0.1) is 0 Å². The third kappa shape index (κ3) is 5.16. The first-order valence-electron chi connectivity index (χ1n) is 21.0. The van der Waals surface area contributed by atoms with Crippen LogP contribution in [-0.4, -0.2) is 15.3 Å². The van der Waals surface area contributed by atoms with Crippen molar-refractivity contribution in [3.63, 3.8) is 0 Å². The fourth-order valence-electron chi connectivity index (χ4n) is 14.4. The van der Waals surface area contributed by atoms with Crippen LogP contribution in [0, 0.1) is 68.1 Å². The maximum Gasteiger partial charge on any atom is 0.122 e. The van der Waals surface area contributed by atoms with Crippen LogP contribution in [0.25, 0.3) is 0 Å². The molecule has 3 aromatic carbocycles. The van der Waals surface area contributed by atoms with E-state index < -0.39 is 0 Å². The Morgan fingerprint density at radius 1 is 0.423 bits per heavy atom. The standard InChI is InChI=1S/C49H64O3/c1-24-14-37(31-12-10-29-28-21-34(36(23-28)43(29)31)40-17-26(3)19-42(47(40)52)49(7,8)9)45(50)39(15-24)33-20-27-22-35(33)44-30(27)11-13-32(44)38-16-25(2)18-41(46(38)51)48(4,5)6/h14-19,27-36,43-44,50-52H,10-13,20-23H2,1-9H3. The van der Waals surface area contributed by atoms with Crippen LogP contribution in [0.4, 0.5) is 0 Å². The number of hydrogen-bond donors (Lipinski definition) is 3. The van der Waals surface area contributed by atoms with Gasteiger partial charge in [0.05, 0.1) is 0 Å². The normalized spacial score (nSPS) is 36.2. The number of aromatic hydroxyl groups is 3. The Morgan fingerprint density at radius 2 is 0.769 bits per heavy atom. The maximum atomic E-state index is 12.5. The van der Waals surface area contributed by atoms with Crippen molar-refractivity contribution < 1.29 is 15.3 Å². The molecule has 278 valence electrons. The van der Waals surface area contributed by atoms with Crippen LogP contribution in [0.15, 0.2) is 36.4 Å². The summed E-state index contributed by atoms with van der Waals surface area (Å²) in [5.74, 6) is 8.49. The number of phenolic OH excluding ortho intramolecular Hbond substituents is 3. The summed E-state index contributed by atoms with van der Waals surface area (Å²) in [5, 5.41) is 36.0. The average Bonchev–Trinajstić information content (AvgIpc) is 3.90. The Balaban J connectivity index is 1.04. The summed E-state index contributed by atoms with van der Waals surface area (Å²) in [6.45, 7) is 19.9. The van der Waals surface area contributed by atoms with Gasteiger partial charge in [-0.05, 0) is 187 Å².